The number of hydrogen-bond donors (Lipinski definition) is 0. The van der Waals surface area contributed by atoms with Crippen molar-refractivity contribution in [2.45, 2.75) is 0 Å². The molecule has 0 fully saturated rings. The van der Waals surface area contributed by atoms with Gasteiger partial charge in [0.2, 0.25) is 0 Å². The molecule has 0 radical (unpaired) electrons. The monoisotopic (exact) mass is 720 g/mol. The zero-order chi connectivity index (χ0) is 37.2. The third-order valence-electron chi connectivity index (χ3n) is 12.6. The van der Waals surface area contributed by atoms with E-state index in [1.54, 1.807) is 0 Å². The molecule has 1 heteroatoms. The maximum atomic E-state index is 6.65. The second-order valence-corrected chi connectivity index (χ2v) is 15.6. The highest BCUT2D eigenvalue weighted by Crippen LogP contribution is 2.46. The molecule has 0 aliphatic rings. The van der Waals surface area contributed by atoms with Gasteiger partial charge in [-0.05, 0) is 116 Å². The highest BCUT2D eigenvalue weighted by Gasteiger charge is 2.20. The molecule has 12 aromatic carbocycles. The van der Waals surface area contributed by atoms with Gasteiger partial charge >= 0.3 is 0 Å². The van der Waals surface area contributed by atoms with E-state index in [-0.39, 0.29) is 0 Å². The lowest BCUT2D eigenvalue weighted by Gasteiger charge is -2.18. The first-order chi connectivity index (χ1) is 28.2. The van der Waals surface area contributed by atoms with Crippen molar-refractivity contribution < 1.29 is 4.42 Å². The van der Waals surface area contributed by atoms with E-state index in [1.165, 1.54) is 98.0 Å². The predicted molar refractivity (Wildman–Crippen MR) is 243 cm³/mol. The van der Waals surface area contributed by atoms with Crippen LogP contribution in [0.4, 0.5) is 0 Å². The topological polar surface area (TPSA) is 13.1 Å². The quantitative estimate of drug-likeness (QED) is 0.165. The SMILES string of the molecule is c1cc2ccc3ccc(-c4ccc(-c5ccc(-c6cccc7c6oc6ccccc67)c(-c6ccc7ccc8cccc9ccc6c7c89)c5)cc4)c4ccc(c1)c2c34. The van der Waals surface area contributed by atoms with Gasteiger partial charge in [0.05, 0.1) is 0 Å². The molecular formula is C56H32O. The first kappa shape index (κ1) is 30.8. The van der Waals surface area contributed by atoms with Crippen LogP contribution in [0.1, 0.15) is 0 Å². The summed E-state index contributed by atoms with van der Waals surface area (Å²) >= 11 is 0. The van der Waals surface area contributed by atoms with E-state index in [1.807, 2.05) is 6.07 Å². The molecule has 0 saturated carbocycles. The van der Waals surface area contributed by atoms with Crippen molar-refractivity contribution in [3.63, 3.8) is 0 Å². The lowest BCUT2D eigenvalue weighted by molar-refractivity contribution is 0.670. The number of fused-ring (bicyclic) bond motifs is 3. The first-order valence-corrected chi connectivity index (χ1v) is 19.7. The van der Waals surface area contributed by atoms with Crippen LogP contribution in [0.25, 0.3) is 131 Å². The summed E-state index contributed by atoms with van der Waals surface area (Å²) in [6, 6.07) is 71.7. The second kappa shape index (κ2) is 11.5. The Bertz CT molecular complexity index is 3700. The Morgan fingerprint density at radius 2 is 0.737 bits per heavy atom. The molecule has 0 aliphatic heterocycles. The fourth-order valence-electron chi connectivity index (χ4n) is 9.94. The fraction of sp³-hybridized carbons (Fsp3) is 0. The van der Waals surface area contributed by atoms with Crippen LogP contribution in [0.3, 0.4) is 0 Å². The largest absolute Gasteiger partial charge is 0.455 e. The Kier molecular flexibility index (Phi) is 6.23. The number of furan rings is 1. The summed E-state index contributed by atoms with van der Waals surface area (Å²) in [5.41, 5.74) is 11.3. The van der Waals surface area contributed by atoms with Crippen LogP contribution < -0.4 is 0 Å². The Morgan fingerprint density at radius 1 is 0.246 bits per heavy atom. The van der Waals surface area contributed by atoms with E-state index in [0.29, 0.717) is 0 Å². The Hall–Kier alpha value is -7.48. The molecule has 0 unspecified atom stereocenters. The van der Waals surface area contributed by atoms with Crippen molar-refractivity contribution in [1.82, 2.24) is 0 Å². The molecule has 57 heavy (non-hydrogen) atoms. The van der Waals surface area contributed by atoms with Crippen LogP contribution in [-0.4, -0.2) is 0 Å². The van der Waals surface area contributed by atoms with Crippen LogP contribution in [0.5, 0.6) is 0 Å². The van der Waals surface area contributed by atoms with Gasteiger partial charge in [0, 0.05) is 16.3 Å². The smallest absolute Gasteiger partial charge is 0.143 e. The maximum Gasteiger partial charge on any atom is 0.143 e. The zero-order valence-corrected chi connectivity index (χ0v) is 30.9. The van der Waals surface area contributed by atoms with Crippen LogP contribution in [0.15, 0.2) is 199 Å². The van der Waals surface area contributed by atoms with Gasteiger partial charge in [-0.15, -0.1) is 0 Å². The van der Waals surface area contributed by atoms with Crippen molar-refractivity contribution in [1.29, 1.82) is 0 Å². The van der Waals surface area contributed by atoms with Gasteiger partial charge in [0.25, 0.3) is 0 Å². The minimum absolute atomic E-state index is 0.908. The summed E-state index contributed by atoms with van der Waals surface area (Å²) in [5, 5.41) is 17.8. The average Bonchev–Trinajstić information content (AvgIpc) is 3.66. The van der Waals surface area contributed by atoms with Gasteiger partial charge < -0.3 is 4.42 Å². The average molecular weight is 721 g/mol. The van der Waals surface area contributed by atoms with Crippen LogP contribution in [0, 0.1) is 0 Å². The van der Waals surface area contributed by atoms with Gasteiger partial charge in [-0.3, -0.25) is 0 Å². The number of rotatable bonds is 4. The zero-order valence-electron chi connectivity index (χ0n) is 30.9. The Labute approximate surface area is 328 Å². The van der Waals surface area contributed by atoms with Gasteiger partial charge in [-0.25, -0.2) is 0 Å². The first-order valence-electron chi connectivity index (χ1n) is 19.7. The van der Waals surface area contributed by atoms with E-state index in [4.69, 9.17) is 4.42 Å². The fourth-order valence-corrected chi connectivity index (χ4v) is 9.94. The summed E-state index contributed by atoms with van der Waals surface area (Å²) in [6.07, 6.45) is 0. The van der Waals surface area contributed by atoms with E-state index in [9.17, 15) is 0 Å². The predicted octanol–water partition coefficient (Wildman–Crippen LogP) is 16.0. The molecule has 0 amide bonds. The molecule has 0 N–H and O–H groups in total. The second-order valence-electron chi connectivity index (χ2n) is 15.6. The van der Waals surface area contributed by atoms with Crippen LogP contribution in [-0.2, 0) is 0 Å². The van der Waals surface area contributed by atoms with Crippen molar-refractivity contribution in [3.05, 3.63) is 194 Å². The van der Waals surface area contributed by atoms with Gasteiger partial charge in [0.15, 0.2) is 0 Å². The Balaban J connectivity index is 1.01. The van der Waals surface area contributed by atoms with E-state index >= 15 is 0 Å². The minimum Gasteiger partial charge on any atom is -0.455 e. The van der Waals surface area contributed by atoms with E-state index in [2.05, 4.69) is 188 Å². The summed E-state index contributed by atoms with van der Waals surface area (Å²) in [6.45, 7) is 0. The molecule has 13 aromatic rings. The molecule has 13 rings (SSSR count). The highest BCUT2D eigenvalue weighted by atomic mass is 16.3. The molecule has 1 heterocycles. The van der Waals surface area contributed by atoms with Gasteiger partial charge in [-0.2, -0.15) is 0 Å². The summed E-state index contributed by atoms with van der Waals surface area (Å²) in [4.78, 5) is 0. The molecule has 0 saturated heterocycles. The van der Waals surface area contributed by atoms with Crippen molar-refractivity contribution in [3.8, 4) is 44.5 Å². The lowest BCUT2D eigenvalue weighted by atomic mass is 9.85. The number of para-hydroxylation sites is 2. The molecule has 0 aliphatic carbocycles. The number of benzene rings is 12. The normalized spacial score (nSPS) is 12.2. The van der Waals surface area contributed by atoms with Crippen molar-refractivity contribution in [2.75, 3.05) is 0 Å². The molecule has 1 nitrogen and oxygen atoms in total. The maximum absolute atomic E-state index is 6.65. The van der Waals surface area contributed by atoms with Crippen molar-refractivity contribution >= 4 is 86.6 Å². The van der Waals surface area contributed by atoms with E-state index < -0.39 is 0 Å². The third kappa shape index (κ3) is 4.40. The molecule has 0 atom stereocenters. The molecule has 0 bridgehead atoms. The molecule has 262 valence electrons. The standard InChI is InChI=1S/C56H32O/c1-2-13-51-45(10-1)49-12-5-11-48(56(49)57-51)44-29-26-41(32-50(44)43-28-23-40-21-19-36-7-4-9-38-25-31-47(43)55(40)53(36)38)33-14-16-34(17-15-33)42-27-22-39-20-18-35-6-3-8-37-24-30-46(42)54(39)52(35)37/h1-32H. The lowest BCUT2D eigenvalue weighted by Crippen LogP contribution is -1.91. The van der Waals surface area contributed by atoms with Crippen molar-refractivity contribution in [2.24, 2.45) is 0 Å². The van der Waals surface area contributed by atoms with Crippen LogP contribution in [0.2, 0.25) is 0 Å². The molecular weight excluding hydrogens is 689 g/mol. The highest BCUT2D eigenvalue weighted by molar-refractivity contribution is 6.27. The van der Waals surface area contributed by atoms with E-state index in [0.717, 1.165) is 33.1 Å². The minimum atomic E-state index is 0.908. The summed E-state index contributed by atoms with van der Waals surface area (Å²) in [5.74, 6) is 0. The van der Waals surface area contributed by atoms with Gasteiger partial charge in [-0.1, -0.05) is 182 Å². The third-order valence-corrected chi connectivity index (χ3v) is 12.6. The summed E-state index contributed by atoms with van der Waals surface area (Å²) in [7, 11) is 0. The Morgan fingerprint density at radius 3 is 1.42 bits per heavy atom. The number of hydrogen-bond acceptors (Lipinski definition) is 1. The summed E-state index contributed by atoms with van der Waals surface area (Å²) < 4.78 is 6.65. The molecule has 0 spiro atoms. The van der Waals surface area contributed by atoms with Crippen LogP contribution >= 0.6 is 0 Å². The molecule has 1 aromatic heterocycles. The van der Waals surface area contributed by atoms with Gasteiger partial charge in [0.1, 0.15) is 11.2 Å².